The van der Waals surface area contributed by atoms with Gasteiger partial charge in [0.15, 0.2) is 0 Å². The van der Waals surface area contributed by atoms with Gasteiger partial charge in [0.05, 0.1) is 11.3 Å². The van der Waals surface area contributed by atoms with Crippen molar-refractivity contribution in [3.63, 3.8) is 0 Å². The summed E-state index contributed by atoms with van der Waals surface area (Å²) in [5.41, 5.74) is 0. The van der Waals surface area contributed by atoms with Gasteiger partial charge in [0, 0.05) is 18.9 Å². The van der Waals surface area contributed by atoms with E-state index in [-0.39, 0.29) is 5.91 Å². The molecule has 12 heavy (non-hydrogen) atoms. The number of hydrogen-bond donors (Lipinski definition) is 0. The van der Waals surface area contributed by atoms with Crippen molar-refractivity contribution in [2.24, 2.45) is 0 Å². The first kappa shape index (κ1) is 7.49. The minimum Gasteiger partial charge on any atom is -0.448 e. The summed E-state index contributed by atoms with van der Waals surface area (Å²) in [4.78, 5) is 13.4. The van der Waals surface area contributed by atoms with Crippen LogP contribution in [0.3, 0.4) is 0 Å². The molecular weight excluding hydrogens is 174 g/mol. The maximum atomic E-state index is 11.3. The molecule has 1 saturated heterocycles. The summed E-state index contributed by atoms with van der Waals surface area (Å²) in [6.07, 6.45) is 2.69. The largest absolute Gasteiger partial charge is 0.448 e. The van der Waals surface area contributed by atoms with Crippen LogP contribution >= 0.6 is 12.2 Å². The SMILES string of the molecule is O=C1CCC(=S)N1c1ccco1. The van der Waals surface area contributed by atoms with Gasteiger partial charge in [-0.25, -0.2) is 4.90 Å². The van der Waals surface area contributed by atoms with Crippen LogP contribution in [-0.2, 0) is 4.79 Å². The fourth-order valence-corrected chi connectivity index (χ4v) is 1.51. The minimum absolute atomic E-state index is 0.0231. The van der Waals surface area contributed by atoms with Crippen molar-refractivity contribution in [1.29, 1.82) is 0 Å². The molecule has 2 rings (SSSR count). The van der Waals surface area contributed by atoms with Crippen LogP contribution in [0.15, 0.2) is 22.8 Å². The summed E-state index contributed by atoms with van der Waals surface area (Å²) in [5, 5.41) is 0. The van der Waals surface area contributed by atoms with E-state index in [0.29, 0.717) is 23.7 Å². The average Bonchev–Trinajstić information content (AvgIpc) is 2.61. The molecule has 0 bridgehead atoms. The number of amides is 1. The zero-order chi connectivity index (χ0) is 8.55. The van der Waals surface area contributed by atoms with Crippen LogP contribution in [0.2, 0.25) is 0 Å². The van der Waals surface area contributed by atoms with Gasteiger partial charge in [-0.3, -0.25) is 4.79 Å². The van der Waals surface area contributed by atoms with Crippen molar-refractivity contribution in [2.75, 3.05) is 4.90 Å². The molecule has 1 aliphatic heterocycles. The van der Waals surface area contributed by atoms with Gasteiger partial charge in [-0.15, -0.1) is 0 Å². The molecule has 1 aromatic rings. The predicted molar refractivity (Wildman–Crippen MR) is 48.0 cm³/mol. The standard InChI is InChI=1S/C8H7NO2S/c10-6-3-4-8(12)9(6)7-2-1-5-11-7/h1-2,5H,3-4H2. The number of rotatable bonds is 1. The topological polar surface area (TPSA) is 33.5 Å². The van der Waals surface area contributed by atoms with Crippen LogP contribution in [0.4, 0.5) is 5.88 Å². The number of carbonyl (C=O) groups is 1. The highest BCUT2D eigenvalue weighted by atomic mass is 32.1. The molecule has 1 amide bonds. The third-order valence-corrected chi connectivity index (χ3v) is 2.16. The Labute approximate surface area is 75.0 Å². The van der Waals surface area contributed by atoms with Crippen LogP contribution in [0, 0.1) is 0 Å². The van der Waals surface area contributed by atoms with Gasteiger partial charge >= 0.3 is 0 Å². The lowest BCUT2D eigenvalue weighted by Crippen LogP contribution is -2.26. The molecule has 4 heteroatoms. The lowest BCUT2D eigenvalue weighted by atomic mass is 10.4. The Hall–Kier alpha value is -1.16. The Balaban J connectivity index is 2.34. The Bertz CT molecular complexity index is 302. The molecule has 1 aromatic heterocycles. The van der Waals surface area contributed by atoms with E-state index in [4.69, 9.17) is 16.6 Å². The normalized spacial score (nSPS) is 17.5. The summed E-state index contributed by atoms with van der Waals surface area (Å²) in [6.45, 7) is 0. The fraction of sp³-hybridized carbons (Fsp3) is 0.250. The highest BCUT2D eigenvalue weighted by molar-refractivity contribution is 7.80. The first-order chi connectivity index (χ1) is 5.79. The summed E-state index contributed by atoms with van der Waals surface area (Å²) < 4.78 is 5.08. The molecule has 0 saturated carbocycles. The second-order valence-electron chi connectivity index (χ2n) is 2.57. The van der Waals surface area contributed by atoms with Crippen LogP contribution < -0.4 is 4.90 Å². The van der Waals surface area contributed by atoms with E-state index in [1.165, 1.54) is 11.2 Å². The number of anilines is 1. The summed E-state index contributed by atoms with van der Waals surface area (Å²) >= 11 is 5.01. The average molecular weight is 181 g/mol. The molecule has 1 fully saturated rings. The molecular formula is C8H7NO2S. The van der Waals surface area contributed by atoms with E-state index in [0.717, 1.165) is 0 Å². The van der Waals surface area contributed by atoms with Gasteiger partial charge < -0.3 is 4.42 Å². The predicted octanol–water partition coefficient (Wildman–Crippen LogP) is 1.73. The Morgan fingerprint density at radius 2 is 2.33 bits per heavy atom. The van der Waals surface area contributed by atoms with Gasteiger partial charge in [0.1, 0.15) is 0 Å². The molecule has 0 spiro atoms. The Morgan fingerprint density at radius 1 is 1.50 bits per heavy atom. The van der Waals surface area contributed by atoms with Crippen molar-refractivity contribution in [3.8, 4) is 0 Å². The third kappa shape index (κ3) is 1.04. The van der Waals surface area contributed by atoms with Gasteiger partial charge in [-0.2, -0.15) is 0 Å². The molecule has 0 aromatic carbocycles. The van der Waals surface area contributed by atoms with Crippen molar-refractivity contribution >= 4 is 29.0 Å². The van der Waals surface area contributed by atoms with E-state index in [2.05, 4.69) is 0 Å². The Kier molecular flexibility index (Phi) is 1.69. The maximum Gasteiger partial charge on any atom is 0.234 e. The maximum absolute atomic E-state index is 11.3. The number of nitrogens with zero attached hydrogens (tertiary/aromatic N) is 1. The van der Waals surface area contributed by atoms with Crippen LogP contribution in [0.5, 0.6) is 0 Å². The molecule has 0 aliphatic carbocycles. The van der Waals surface area contributed by atoms with Crippen molar-refractivity contribution in [3.05, 3.63) is 18.4 Å². The molecule has 0 radical (unpaired) electrons. The number of carbonyl (C=O) groups excluding carboxylic acids is 1. The summed E-state index contributed by atoms with van der Waals surface area (Å²) in [5.74, 6) is 0.553. The van der Waals surface area contributed by atoms with Gasteiger partial charge in [-0.1, -0.05) is 12.2 Å². The number of furan rings is 1. The van der Waals surface area contributed by atoms with Crippen molar-refractivity contribution < 1.29 is 9.21 Å². The molecule has 0 N–H and O–H groups in total. The number of thiocarbonyl (C=S) groups is 1. The first-order valence-electron chi connectivity index (χ1n) is 3.68. The molecule has 2 heterocycles. The molecule has 1 aliphatic rings. The van der Waals surface area contributed by atoms with Gasteiger partial charge in [0.25, 0.3) is 0 Å². The monoisotopic (exact) mass is 181 g/mol. The highest BCUT2D eigenvalue weighted by Crippen LogP contribution is 2.23. The van der Waals surface area contributed by atoms with Gasteiger partial charge in [-0.05, 0) is 6.07 Å². The zero-order valence-electron chi connectivity index (χ0n) is 6.32. The second kappa shape index (κ2) is 2.71. The number of hydrogen-bond acceptors (Lipinski definition) is 3. The van der Waals surface area contributed by atoms with E-state index in [9.17, 15) is 4.79 Å². The summed E-state index contributed by atoms with van der Waals surface area (Å²) in [7, 11) is 0. The quantitative estimate of drug-likeness (QED) is 0.619. The molecule has 62 valence electrons. The molecule has 3 nitrogen and oxygen atoms in total. The van der Waals surface area contributed by atoms with Crippen LogP contribution in [0.25, 0.3) is 0 Å². The lowest BCUT2D eigenvalue weighted by molar-refractivity contribution is -0.116. The second-order valence-corrected chi connectivity index (χ2v) is 3.05. The third-order valence-electron chi connectivity index (χ3n) is 1.78. The lowest BCUT2D eigenvalue weighted by Gasteiger charge is -2.10. The highest BCUT2D eigenvalue weighted by Gasteiger charge is 2.28. The van der Waals surface area contributed by atoms with E-state index >= 15 is 0 Å². The smallest absolute Gasteiger partial charge is 0.234 e. The van der Waals surface area contributed by atoms with Crippen LogP contribution in [0.1, 0.15) is 12.8 Å². The Morgan fingerprint density at radius 3 is 2.83 bits per heavy atom. The van der Waals surface area contributed by atoms with Crippen molar-refractivity contribution in [1.82, 2.24) is 0 Å². The zero-order valence-corrected chi connectivity index (χ0v) is 7.13. The summed E-state index contributed by atoms with van der Waals surface area (Å²) in [6, 6.07) is 3.47. The fourth-order valence-electron chi connectivity index (χ4n) is 1.22. The van der Waals surface area contributed by atoms with E-state index < -0.39 is 0 Å². The van der Waals surface area contributed by atoms with E-state index in [1.54, 1.807) is 12.1 Å². The first-order valence-corrected chi connectivity index (χ1v) is 4.09. The van der Waals surface area contributed by atoms with E-state index in [1.807, 2.05) is 0 Å². The molecule has 0 atom stereocenters. The minimum atomic E-state index is 0.0231. The van der Waals surface area contributed by atoms with Crippen LogP contribution in [-0.4, -0.2) is 10.9 Å². The van der Waals surface area contributed by atoms with Crippen molar-refractivity contribution in [2.45, 2.75) is 12.8 Å². The molecule has 0 unspecified atom stereocenters. The van der Waals surface area contributed by atoms with Gasteiger partial charge in [0.2, 0.25) is 11.8 Å².